The first kappa shape index (κ1) is 37.1. The molecule has 4 aromatic rings. The highest BCUT2D eigenvalue weighted by Crippen LogP contribution is 2.57. The first-order valence-electron chi connectivity index (χ1n) is 19.7. The number of fused-ring (bicyclic) bond motifs is 3. The summed E-state index contributed by atoms with van der Waals surface area (Å²) in [4.78, 5) is 0. The quantitative estimate of drug-likeness (QED) is 0.113. The van der Waals surface area contributed by atoms with Gasteiger partial charge in [-0.1, -0.05) is 157 Å². The smallest absolute Gasteiger partial charge is 0.247 e. The van der Waals surface area contributed by atoms with Crippen molar-refractivity contribution in [2.75, 3.05) is 0 Å². The van der Waals surface area contributed by atoms with Crippen LogP contribution in [0.15, 0.2) is 65.1 Å². The first-order chi connectivity index (χ1) is 23.4. The van der Waals surface area contributed by atoms with Gasteiger partial charge in [-0.05, 0) is 100 Å². The minimum Gasteiger partial charge on any atom is -0.420 e. The summed E-state index contributed by atoms with van der Waals surface area (Å²) in [5.74, 6) is 2.66. The van der Waals surface area contributed by atoms with Gasteiger partial charge in [0.1, 0.15) is 0 Å². The molecule has 5 rings (SSSR count). The van der Waals surface area contributed by atoms with Crippen LogP contribution in [0.4, 0.5) is 0 Å². The zero-order valence-electron chi connectivity index (χ0n) is 32.5. The van der Waals surface area contributed by atoms with Gasteiger partial charge in [0.05, 0.1) is 0 Å². The minimum atomic E-state index is -0.131. The van der Waals surface area contributed by atoms with Crippen molar-refractivity contribution in [2.24, 2.45) is 11.8 Å². The molecular formula is C46H64N2O. The Morgan fingerprint density at radius 3 is 1.88 bits per heavy atom. The molecule has 0 spiro atoms. The third-order valence-corrected chi connectivity index (χ3v) is 12.3. The number of nitrogens with zero attached hydrogens (tertiary/aromatic N) is 2. The molecule has 1 heterocycles. The van der Waals surface area contributed by atoms with Crippen LogP contribution in [0.25, 0.3) is 33.7 Å². The molecule has 3 unspecified atom stereocenters. The van der Waals surface area contributed by atoms with E-state index in [1.807, 2.05) is 0 Å². The predicted molar refractivity (Wildman–Crippen MR) is 209 cm³/mol. The summed E-state index contributed by atoms with van der Waals surface area (Å²) < 4.78 is 6.15. The van der Waals surface area contributed by atoms with E-state index in [2.05, 4.69) is 140 Å². The predicted octanol–water partition coefficient (Wildman–Crippen LogP) is 13.9. The van der Waals surface area contributed by atoms with Crippen LogP contribution in [0.2, 0.25) is 0 Å². The van der Waals surface area contributed by atoms with Crippen LogP contribution in [0.3, 0.4) is 0 Å². The zero-order valence-corrected chi connectivity index (χ0v) is 32.5. The highest BCUT2D eigenvalue weighted by molar-refractivity contribution is 5.84. The molecule has 3 heteroatoms. The van der Waals surface area contributed by atoms with Gasteiger partial charge in [0.15, 0.2) is 0 Å². The number of aromatic nitrogens is 2. The van der Waals surface area contributed by atoms with Crippen molar-refractivity contribution in [1.82, 2.24) is 10.2 Å². The molecule has 0 bridgehead atoms. The third-order valence-electron chi connectivity index (χ3n) is 12.3. The fourth-order valence-corrected chi connectivity index (χ4v) is 8.08. The number of hydrogen-bond donors (Lipinski definition) is 0. The molecule has 0 aliphatic heterocycles. The average molecular weight is 661 g/mol. The summed E-state index contributed by atoms with van der Waals surface area (Å²) in [6.07, 6.45) is 13.5. The van der Waals surface area contributed by atoms with Crippen molar-refractivity contribution in [1.29, 1.82) is 0 Å². The van der Waals surface area contributed by atoms with Crippen LogP contribution in [0.1, 0.15) is 162 Å². The fraction of sp³-hybridized carbons (Fsp3) is 0.565. The summed E-state index contributed by atoms with van der Waals surface area (Å²) in [6, 6.07) is 23.6. The van der Waals surface area contributed by atoms with Gasteiger partial charge < -0.3 is 4.42 Å². The average Bonchev–Trinajstić information content (AvgIpc) is 3.72. The van der Waals surface area contributed by atoms with E-state index in [9.17, 15) is 0 Å². The van der Waals surface area contributed by atoms with Gasteiger partial charge in [-0.2, -0.15) is 0 Å². The van der Waals surface area contributed by atoms with Crippen LogP contribution < -0.4 is 0 Å². The van der Waals surface area contributed by atoms with Crippen LogP contribution in [0.5, 0.6) is 0 Å². The largest absolute Gasteiger partial charge is 0.420 e. The van der Waals surface area contributed by atoms with Gasteiger partial charge in [-0.25, -0.2) is 0 Å². The van der Waals surface area contributed by atoms with Crippen LogP contribution in [-0.4, -0.2) is 10.2 Å². The Kier molecular flexibility index (Phi) is 11.6. The molecule has 1 aliphatic carbocycles. The lowest BCUT2D eigenvalue weighted by Crippen LogP contribution is -2.31. The van der Waals surface area contributed by atoms with Crippen molar-refractivity contribution < 1.29 is 4.42 Å². The second-order valence-electron chi connectivity index (χ2n) is 16.6. The molecule has 0 fully saturated rings. The van der Waals surface area contributed by atoms with Crippen LogP contribution in [-0.2, 0) is 16.2 Å². The van der Waals surface area contributed by atoms with E-state index in [1.54, 1.807) is 11.1 Å². The second kappa shape index (κ2) is 15.4. The lowest BCUT2D eigenvalue weighted by molar-refractivity contribution is 0.278. The van der Waals surface area contributed by atoms with Crippen molar-refractivity contribution in [3.8, 4) is 33.7 Å². The standard InChI is InChI=1S/C46H64N2O/c1-11-16-18-32(6)30-46(31-33(13-3)19-17-12-2)40-28-36(24-26-38(40)39-27-25-37(29-41(39)46)44(7,8)14-4)34-20-22-35(23-21-34)42-47-48-43(49-42)45(9,10)15-5/h20-29,32-33H,11-19,30-31H2,1-10H3. The molecule has 0 radical (unpaired) electrons. The summed E-state index contributed by atoms with van der Waals surface area (Å²) in [7, 11) is 0. The Morgan fingerprint density at radius 2 is 1.24 bits per heavy atom. The lowest BCUT2D eigenvalue weighted by atomic mass is 9.65. The Morgan fingerprint density at radius 1 is 0.653 bits per heavy atom. The SMILES string of the molecule is CCCCC(C)CC1(CC(CC)CCCC)c2cc(-c3ccc(-c4nnc(C(C)(C)CC)o4)cc3)ccc2-c2ccc(C(C)(C)CC)cc21. The Labute approximate surface area is 298 Å². The van der Waals surface area contributed by atoms with Gasteiger partial charge in [0.2, 0.25) is 11.8 Å². The molecule has 0 N–H and O–H groups in total. The molecule has 0 amide bonds. The highest BCUT2D eigenvalue weighted by atomic mass is 16.4. The summed E-state index contributed by atoms with van der Waals surface area (Å²) in [5.41, 5.74) is 11.0. The molecule has 0 saturated heterocycles. The van der Waals surface area contributed by atoms with Gasteiger partial charge in [-0.15, -0.1) is 10.2 Å². The Balaban J connectivity index is 1.63. The van der Waals surface area contributed by atoms with Gasteiger partial charge in [0.25, 0.3) is 0 Å². The van der Waals surface area contributed by atoms with Crippen molar-refractivity contribution in [3.63, 3.8) is 0 Å². The molecule has 49 heavy (non-hydrogen) atoms. The number of unbranched alkanes of at least 4 members (excludes halogenated alkanes) is 2. The molecule has 264 valence electrons. The highest BCUT2D eigenvalue weighted by Gasteiger charge is 2.45. The van der Waals surface area contributed by atoms with E-state index in [1.165, 1.54) is 85.6 Å². The Bertz CT molecular complexity index is 1680. The van der Waals surface area contributed by atoms with E-state index >= 15 is 0 Å². The second-order valence-corrected chi connectivity index (χ2v) is 16.6. The number of hydrogen-bond acceptors (Lipinski definition) is 3. The fourth-order valence-electron chi connectivity index (χ4n) is 8.08. The van der Waals surface area contributed by atoms with Crippen molar-refractivity contribution >= 4 is 0 Å². The van der Waals surface area contributed by atoms with E-state index in [4.69, 9.17) is 4.42 Å². The minimum absolute atomic E-state index is 0.00820. The molecule has 0 saturated carbocycles. The topological polar surface area (TPSA) is 38.9 Å². The van der Waals surface area contributed by atoms with E-state index in [-0.39, 0.29) is 16.2 Å². The van der Waals surface area contributed by atoms with Gasteiger partial charge in [-0.3, -0.25) is 0 Å². The molecule has 3 aromatic carbocycles. The lowest BCUT2D eigenvalue weighted by Gasteiger charge is -2.39. The number of rotatable bonds is 17. The molecule has 3 nitrogen and oxygen atoms in total. The third kappa shape index (κ3) is 7.62. The monoisotopic (exact) mass is 661 g/mol. The maximum absolute atomic E-state index is 6.15. The summed E-state index contributed by atoms with van der Waals surface area (Å²) >= 11 is 0. The first-order valence-corrected chi connectivity index (χ1v) is 19.7. The maximum atomic E-state index is 6.15. The van der Waals surface area contributed by atoms with Crippen LogP contribution >= 0.6 is 0 Å². The van der Waals surface area contributed by atoms with Crippen LogP contribution in [0, 0.1) is 11.8 Å². The maximum Gasteiger partial charge on any atom is 0.247 e. The van der Waals surface area contributed by atoms with Gasteiger partial charge >= 0.3 is 0 Å². The zero-order chi connectivity index (χ0) is 35.4. The van der Waals surface area contributed by atoms with E-state index < -0.39 is 0 Å². The molecular weight excluding hydrogens is 597 g/mol. The van der Waals surface area contributed by atoms with Gasteiger partial charge in [0, 0.05) is 16.4 Å². The van der Waals surface area contributed by atoms with Crippen molar-refractivity contribution in [3.05, 3.63) is 83.2 Å². The Hall–Kier alpha value is -3.20. The number of benzene rings is 3. The molecule has 1 aliphatic rings. The summed E-state index contributed by atoms with van der Waals surface area (Å²) in [6.45, 7) is 23.3. The molecule has 3 atom stereocenters. The van der Waals surface area contributed by atoms with E-state index in [0.29, 0.717) is 23.6 Å². The summed E-state index contributed by atoms with van der Waals surface area (Å²) in [5, 5.41) is 8.80. The normalized spacial score (nSPS) is 17.2. The van der Waals surface area contributed by atoms with Crippen molar-refractivity contribution in [2.45, 2.75) is 156 Å². The van der Waals surface area contributed by atoms with E-state index in [0.717, 1.165) is 18.4 Å². The molecule has 1 aromatic heterocycles.